The highest BCUT2D eigenvalue weighted by Crippen LogP contribution is 2.24. The number of tetrazole rings is 1. The van der Waals surface area contributed by atoms with Gasteiger partial charge in [0.15, 0.2) is 5.82 Å². The molecule has 2 N–H and O–H groups in total. The molecule has 0 bridgehead atoms. The van der Waals surface area contributed by atoms with Gasteiger partial charge < -0.3 is 5.73 Å². The number of halogens is 1. The molecule has 0 spiro atoms. The van der Waals surface area contributed by atoms with Crippen LogP contribution in [0.5, 0.6) is 0 Å². The molecular formula is C15H14FN5. The maximum atomic E-state index is 13.6. The Morgan fingerprint density at radius 1 is 1.10 bits per heavy atom. The second kappa shape index (κ2) is 4.97. The van der Waals surface area contributed by atoms with Gasteiger partial charge in [-0.15, -0.1) is 5.10 Å². The molecule has 0 saturated heterocycles. The van der Waals surface area contributed by atoms with Crippen molar-refractivity contribution in [1.29, 1.82) is 0 Å². The monoisotopic (exact) mass is 283 g/mol. The van der Waals surface area contributed by atoms with Gasteiger partial charge in [0, 0.05) is 5.56 Å². The van der Waals surface area contributed by atoms with E-state index in [1.54, 1.807) is 10.7 Å². The summed E-state index contributed by atoms with van der Waals surface area (Å²) in [6.45, 7) is 3.97. The van der Waals surface area contributed by atoms with E-state index in [1.807, 2.05) is 32.0 Å². The molecule has 0 unspecified atom stereocenters. The van der Waals surface area contributed by atoms with E-state index < -0.39 is 5.82 Å². The molecule has 1 heterocycles. The number of nitrogens with two attached hydrogens (primary N) is 1. The van der Waals surface area contributed by atoms with Crippen LogP contribution in [-0.4, -0.2) is 20.2 Å². The van der Waals surface area contributed by atoms with Crippen LogP contribution in [0.4, 0.5) is 10.1 Å². The zero-order valence-electron chi connectivity index (χ0n) is 11.7. The van der Waals surface area contributed by atoms with Gasteiger partial charge in [-0.05, 0) is 59.7 Å². The van der Waals surface area contributed by atoms with Gasteiger partial charge in [0.2, 0.25) is 0 Å². The lowest BCUT2D eigenvalue weighted by molar-refractivity contribution is 0.632. The number of rotatable bonds is 2. The van der Waals surface area contributed by atoms with Crippen molar-refractivity contribution in [2.75, 3.05) is 5.73 Å². The number of nitrogen functional groups attached to an aromatic ring is 1. The highest BCUT2D eigenvalue weighted by Gasteiger charge is 2.14. The zero-order chi connectivity index (χ0) is 15.0. The van der Waals surface area contributed by atoms with E-state index in [1.165, 1.54) is 12.1 Å². The molecule has 3 aromatic rings. The highest BCUT2D eigenvalue weighted by molar-refractivity contribution is 5.61. The van der Waals surface area contributed by atoms with Crippen LogP contribution in [0.3, 0.4) is 0 Å². The van der Waals surface area contributed by atoms with Crippen molar-refractivity contribution in [3.63, 3.8) is 0 Å². The summed E-state index contributed by atoms with van der Waals surface area (Å²) in [6.07, 6.45) is 0. The highest BCUT2D eigenvalue weighted by atomic mass is 19.1. The summed E-state index contributed by atoms with van der Waals surface area (Å²) >= 11 is 0. The number of anilines is 1. The third-order valence-electron chi connectivity index (χ3n) is 3.32. The van der Waals surface area contributed by atoms with Crippen molar-refractivity contribution < 1.29 is 4.39 Å². The summed E-state index contributed by atoms with van der Waals surface area (Å²) < 4.78 is 15.3. The summed E-state index contributed by atoms with van der Waals surface area (Å²) in [5.41, 5.74) is 9.18. The topological polar surface area (TPSA) is 69.6 Å². The van der Waals surface area contributed by atoms with Gasteiger partial charge in [0.1, 0.15) is 5.82 Å². The Morgan fingerprint density at radius 2 is 1.90 bits per heavy atom. The molecule has 106 valence electrons. The first kappa shape index (κ1) is 13.2. The quantitative estimate of drug-likeness (QED) is 0.734. The first-order valence-corrected chi connectivity index (χ1v) is 6.47. The van der Waals surface area contributed by atoms with Gasteiger partial charge in [-0.2, -0.15) is 4.68 Å². The number of aromatic nitrogens is 4. The van der Waals surface area contributed by atoms with Crippen molar-refractivity contribution >= 4 is 5.69 Å². The Bertz CT molecular complexity index is 810. The lowest BCUT2D eigenvalue weighted by Gasteiger charge is -2.09. The molecular weight excluding hydrogens is 269 g/mol. The van der Waals surface area contributed by atoms with Crippen LogP contribution in [0.2, 0.25) is 0 Å². The maximum absolute atomic E-state index is 13.6. The smallest absolute Gasteiger partial charge is 0.187 e. The zero-order valence-corrected chi connectivity index (χ0v) is 11.7. The number of benzene rings is 2. The van der Waals surface area contributed by atoms with Gasteiger partial charge >= 0.3 is 0 Å². The average molecular weight is 283 g/mol. The Balaban J connectivity index is 2.17. The fourth-order valence-electron chi connectivity index (χ4n) is 2.14. The predicted octanol–water partition coefficient (Wildman–Crippen LogP) is 2.67. The van der Waals surface area contributed by atoms with E-state index in [4.69, 9.17) is 5.73 Å². The van der Waals surface area contributed by atoms with Crippen LogP contribution in [0.15, 0.2) is 36.4 Å². The minimum Gasteiger partial charge on any atom is -0.396 e. The van der Waals surface area contributed by atoms with Crippen LogP contribution >= 0.6 is 0 Å². The van der Waals surface area contributed by atoms with E-state index in [0.717, 1.165) is 16.8 Å². The third kappa shape index (κ3) is 2.35. The van der Waals surface area contributed by atoms with Gasteiger partial charge in [-0.3, -0.25) is 0 Å². The summed E-state index contributed by atoms with van der Waals surface area (Å²) in [6, 6.07) is 10.6. The van der Waals surface area contributed by atoms with E-state index in [-0.39, 0.29) is 5.69 Å². The van der Waals surface area contributed by atoms with E-state index >= 15 is 0 Å². The molecule has 0 fully saturated rings. The summed E-state index contributed by atoms with van der Waals surface area (Å²) in [5.74, 6) is -0.00869. The molecule has 0 aliphatic rings. The molecule has 0 aliphatic heterocycles. The standard InChI is InChI=1S/C15H14FN5/c1-9-3-4-10(2)14(7-9)21-15(18-19-20-21)11-5-6-13(17)12(16)8-11/h3-8H,17H2,1-2H3. The minimum atomic E-state index is -0.483. The first-order chi connectivity index (χ1) is 10.1. The SMILES string of the molecule is Cc1ccc(C)c(-n2nnnc2-c2ccc(N)c(F)c2)c1. The van der Waals surface area contributed by atoms with Crippen molar-refractivity contribution in [3.8, 4) is 17.1 Å². The molecule has 21 heavy (non-hydrogen) atoms. The van der Waals surface area contributed by atoms with Crippen molar-refractivity contribution in [3.05, 3.63) is 53.3 Å². The molecule has 2 aromatic carbocycles. The van der Waals surface area contributed by atoms with Crippen LogP contribution in [0, 0.1) is 19.7 Å². The second-order valence-electron chi connectivity index (χ2n) is 4.94. The van der Waals surface area contributed by atoms with Crippen LogP contribution in [0.25, 0.3) is 17.1 Å². The maximum Gasteiger partial charge on any atom is 0.187 e. The summed E-state index contributed by atoms with van der Waals surface area (Å²) in [5, 5.41) is 11.7. The Hall–Kier alpha value is -2.76. The molecule has 5 nitrogen and oxygen atoms in total. The largest absolute Gasteiger partial charge is 0.396 e. The molecule has 0 saturated carbocycles. The lowest BCUT2D eigenvalue weighted by Crippen LogP contribution is -2.03. The lowest BCUT2D eigenvalue weighted by atomic mass is 10.1. The van der Waals surface area contributed by atoms with E-state index in [0.29, 0.717) is 11.4 Å². The molecule has 6 heteroatoms. The normalized spacial score (nSPS) is 10.8. The van der Waals surface area contributed by atoms with Crippen LogP contribution in [0.1, 0.15) is 11.1 Å². The first-order valence-electron chi connectivity index (χ1n) is 6.47. The average Bonchev–Trinajstić information content (AvgIpc) is 2.93. The van der Waals surface area contributed by atoms with Gasteiger partial charge in [-0.25, -0.2) is 4.39 Å². The van der Waals surface area contributed by atoms with Crippen LogP contribution in [-0.2, 0) is 0 Å². The Morgan fingerprint density at radius 3 is 2.67 bits per heavy atom. The summed E-state index contributed by atoms with van der Waals surface area (Å²) in [4.78, 5) is 0. The number of aryl methyl sites for hydroxylation is 2. The van der Waals surface area contributed by atoms with Crippen molar-refractivity contribution in [1.82, 2.24) is 20.2 Å². The Labute approximate surface area is 121 Å². The Kier molecular flexibility index (Phi) is 3.13. The summed E-state index contributed by atoms with van der Waals surface area (Å²) in [7, 11) is 0. The number of hydrogen-bond donors (Lipinski definition) is 1. The van der Waals surface area contributed by atoms with E-state index in [2.05, 4.69) is 15.5 Å². The van der Waals surface area contributed by atoms with Gasteiger partial charge in [0.05, 0.1) is 11.4 Å². The van der Waals surface area contributed by atoms with Crippen molar-refractivity contribution in [2.24, 2.45) is 0 Å². The number of hydrogen-bond acceptors (Lipinski definition) is 4. The minimum absolute atomic E-state index is 0.101. The van der Waals surface area contributed by atoms with Gasteiger partial charge in [-0.1, -0.05) is 12.1 Å². The second-order valence-corrected chi connectivity index (χ2v) is 4.94. The molecule has 0 aliphatic carbocycles. The predicted molar refractivity (Wildman–Crippen MR) is 78.4 cm³/mol. The fourth-order valence-corrected chi connectivity index (χ4v) is 2.14. The molecule has 3 rings (SSSR count). The van der Waals surface area contributed by atoms with Crippen molar-refractivity contribution in [2.45, 2.75) is 13.8 Å². The molecule has 0 atom stereocenters. The molecule has 1 aromatic heterocycles. The fraction of sp³-hybridized carbons (Fsp3) is 0.133. The number of nitrogens with zero attached hydrogens (tertiary/aromatic N) is 4. The molecule has 0 amide bonds. The van der Waals surface area contributed by atoms with E-state index in [9.17, 15) is 4.39 Å². The third-order valence-corrected chi connectivity index (χ3v) is 3.32. The molecule has 0 radical (unpaired) electrons. The van der Waals surface area contributed by atoms with Crippen LogP contribution < -0.4 is 5.73 Å². The van der Waals surface area contributed by atoms with Gasteiger partial charge in [0.25, 0.3) is 0 Å².